The zero-order chi connectivity index (χ0) is 8.69. The van der Waals surface area contributed by atoms with E-state index in [2.05, 4.69) is 13.8 Å². The molecule has 1 unspecified atom stereocenters. The summed E-state index contributed by atoms with van der Waals surface area (Å²) in [6.45, 7) is 5.89. The van der Waals surface area contributed by atoms with E-state index in [4.69, 9.17) is 15.6 Å². The van der Waals surface area contributed by atoms with Gasteiger partial charge in [0.25, 0.3) is 0 Å². The molecule has 0 saturated heterocycles. The summed E-state index contributed by atoms with van der Waals surface area (Å²) in [4.78, 5) is 0. The Kier molecular flexibility index (Phi) is 6.51. The Bertz CT molecular complexity index is 86.2. The SMILES string of the molecule is CC(C)COCCC(O)CN. The van der Waals surface area contributed by atoms with Crippen LogP contribution in [0.4, 0.5) is 0 Å². The fourth-order valence-corrected chi connectivity index (χ4v) is 0.656. The number of rotatable bonds is 6. The molecule has 68 valence electrons. The second-order valence-electron chi connectivity index (χ2n) is 3.15. The second-order valence-corrected chi connectivity index (χ2v) is 3.15. The van der Waals surface area contributed by atoms with Crippen LogP contribution in [-0.2, 0) is 4.74 Å². The van der Waals surface area contributed by atoms with E-state index in [0.29, 0.717) is 25.5 Å². The maximum Gasteiger partial charge on any atom is 0.0684 e. The second kappa shape index (κ2) is 6.58. The highest BCUT2D eigenvalue weighted by Crippen LogP contribution is 1.95. The fraction of sp³-hybridized carbons (Fsp3) is 1.00. The summed E-state index contributed by atoms with van der Waals surface area (Å²) < 4.78 is 5.25. The van der Waals surface area contributed by atoms with Crippen molar-refractivity contribution < 1.29 is 9.84 Å². The molecule has 0 aliphatic carbocycles. The lowest BCUT2D eigenvalue weighted by Crippen LogP contribution is -2.21. The molecule has 0 amide bonds. The van der Waals surface area contributed by atoms with Gasteiger partial charge in [0.15, 0.2) is 0 Å². The van der Waals surface area contributed by atoms with Gasteiger partial charge in [-0.05, 0) is 12.3 Å². The summed E-state index contributed by atoms with van der Waals surface area (Å²) in [6.07, 6.45) is 0.241. The van der Waals surface area contributed by atoms with Gasteiger partial charge in [-0.3, -0.25) is 0 Å². The van der Waals surface area contributed by atoms with Crippen LogP contribution in [0.5, 0.6) is 0 Å². The Morgan fingerprint density at radius 2 is 2.09 bits per heavy atom. The van der Waals surface area contributed by atoms with Crippen molar-refractivity contribution in [3.05, 3.63) is 0 Å². The van der Waals surface area contributed by atoms with Gasteiger partial charge >= 0.3 is 0 Å². The minimum atomic E-state index is -0.401. The first-order chi connectivity index (χ1) is 5.16. The van der Waals surface area contributed by atoms with Gasteiger partial charge in [-0.15, -0.1) is 0 Å². The van der Waals surface area contributed by atoms with Crippen molar-refractivity contribution in [3.8, 4) is 0 Å². The standard InChI is InChI=1S/C8H19NO2/c1-7(2)6-11-4-3-8(10)5-9/h7-8,10H,3-6,9H2,1-2H3. The first-order valence-electron chi connectivity index (χ1n) is 4.12. The van der Waals surface area contributed by atoms with E-state index < -0.39 is 6.10 Å². The van der Waals surface area contributed by atoms with Crippen LogP contribution in [0.3, 0.4) is 0 Å². The quantitative estimate of drug-likeness (QED) is 0.553. The van der Waals surface area contributed by atoms with Gasteiger partial charge in [0.1, 0.15) is 0 Å². The van der Waals surface area contributed by atoms with Gasteiger partial charge in [0.2, 0.25) is 0 Å². The fourth-order valence-electron chi connectivity index (χ4n) is 0.656. The van der Waals surface area contributed by atoms with Gasteiger partial charge < -0.3 is 15.6 Å². The first kappa shape index (κ1) is 10.9. The van der Waals surface area contributed by atoms with E-state index in [1.807, 2.05) is 0 Å². The molecule has 3 heteroatoms. The lowest BCUT2D eigenvalue weighted by Gasteiger charge is -2.09. The molecule has 0 saturated carbocycles. The molecule has 0 radical (unpaired) electrons. The van der Waals surface area contributed by atoms with Crippen LogP contribution in [0.2, 0.25) is 0 Å². The van der Waals surface area contributed by atoms with Crippen molar-refractivity contribution in [3.63, 3.8) is 0 Å². The smallest absolute Gasteiger partial charge is 0.0684 e. The number of hydrogen-bond donors (Lipinski definition) is 2. The number of aliphatic hydroxyl groups excluding tert-OH is 1. The normalized spacial score (nSPS) is 13.9. The topological polar surface area (TPSA) is 55.5 Å². The highest BCUT2D eigenvalue weighted by molar-refractivity contribution is 4.53. The molecule has 0 rings (SSSR count). The molecule has 0 bridgehead atoms. The van der Waals surface area contributed by atoms with Gasteiger partial charge in [0, 0.05) is 19.8 Å². The van der Waals surface area contributed by atoms with Crippen molar-refractivity contribution in [2.24, 2.45) is 11.7 Å². The van der Waals surface area contributed by atoms with Gasteiger partial charge in [-0.25, -0.2) is 0 Å². The third-order valence-corrected chi connectivity index (χ3v) is 1.32. The lowest BCUT2D eigenvalue weighted by molar-refractivity contribution is 0.0715. The number of hydrogen-bond acceptors (Lipinski definition) is 3. The summed E-state index contributed by atoms with van der Waals surface area (Å²) in [6, 6.07) is 0. The van der Waals surface area contributed by atoms with Crippen LogP contribution in [0, 0.1) is 5.92 Å². The molecule has 3 nitrogen and oxygen atoms in total. The average Bonchev–Trinajstić information content (AvgIpc) is 1.97. The molecule has 0 aromatic carbocycles. The molecule has 1 atom stereocenters. The number of ether oxygens (including phenoxy) is 1. The minimum absolute atomic E-state index is 0.324. The van der Waals surface area contributed by atoms with Crippen LogP contribution < -0.4 is 5.73 Å². The Morgan fingerprint density at radius 1 is 1.45 bits per heavy atom. The van der Waals surface area contributed by atoms with Crippen molar-refractivity contribution >= 4 is 0 Å². The molecule has 0 aliphatic heterocycles. The third kappa shape index (κ3) is 7.78. The predicted molar refractivity (Wildman–Crippen MR) is 45.3 cm³/mol. The molecule has 0 aromatic heterocycles. The van der Waals surface area contributed by atoms with Crippen LogP contribution in [0.1, 0.15) is 20.3 Å². The minimum Gasteiger partial charge on any atom is -0.392 e. The Morgan fingerprint density at radius 3 is 2.55 bits per heavy atom. The van der Waals surface area contributed by atoms with E-state index >= 15 is 0 Å². The van der Waals surface area contributed by atoms with Gasteiger partial charge in [-0.1, -0.05) is 13.8 Å². The van der Waals surface area contributed by atoms with E-state index in [0.717, 1.165) is 6.61 Å². The highest BCUT2D eigenvalue weighted by Gasteiger charge is 2.00. The predicted octanol–water partition coefficient (Wildman–Crippen LogP) is 0.369. The van der Waals surface area contributed by atoms with Crippen molar-refractivity contribution in [1.29, 1.82) is 0 Å². The number of aliphatic hydroxyl groups is 1. The lowest BCUT2D eigenvalue weighted by atomic mass is 10.2. The highest BCUT2D eigenvalue weighted by atomic mass is 16.5. The maximum atomic E-state index is 9.02. The van der Waals surface area contributed by atoms with Gasteiger partial charge in [-0.2, -0.15) is 0 Å². The molecule has 11 heavy (non-hydrogen) atoms. The summed E-state index contributed by atoms with van der Waals surface area (Å²) in [5.41, 5.74) is 5.21. The summed E-state index contributed by atoms with van der Waals surface area (Å²) in [5.74, 6) is 0.560. The zero-order valence-corrected chi connectivity index (χ0v) is 7.42. The van der Waals surface area contributed by atoms with Crippen molar-refractivity contribution in [1.82, 2.24) is 0 Å². The molecule has 0 spiro atoms. The molecule has 0 fully saturated rings. The Labute approximate surface area is 68.5 Å². The summed E-state index contributed by atoms with van der Waals surface area (Å²) in [7, 11) is 0. The van der Waals surface area contributed by atoms with E-state index in [1.54, 1.807) is 0 Å². The van der Waals surface area contributed by atoms with E-state index in [1.165, 1.54) is 0 Å². The third-order valence-electron chi connectivity index (χ3n) is 1.32. The average molecular weight is 161 g/mol. The van der Waals surface area contributed by atoms with E-state index in [-0.39, 0.29) is 0 Å². The maximum absolute atomic E-state index is 9.02. The summed E-state index contributed by atoms with van der Waals surface area (Å²) in [5, 5.41) is 9.02. The number of nitrogens with two attached hydrogens (primary N) is 1. The monoisotopic (exact) mass is 161 g/mol. The van der Waals surface area contributed by atoms with Gasteiger partial charge in [0.05, 0.1) is 6.10 Å². The molecular weight excluding hydrogens is 142 g/mol. The van der Waals surface area contributed by atoms with Crippen LogP contribution in [0.25, 0.3) is 0 Å². The largest absolute Gasteiger partial charge is 0.392 e. The Balaban J connectivity index is 3.01. The molecule has 0 aliphatic rings. The molecule has 0 aromatic rings. The van der Waals surface area contributed by atoms with Crippen molar-refractivity contribution in [2.75, 3.05) is 19.8 Å². The van der Waals surface area contributed by atoms with Crippen LogP contribution in [-0.4, -0.2) is 31.0 Å². The molecule has 3 N–H and O–H groups in total. The van der Waals surface area contributed by atoms with Crippen LogP contribution >= 0.6 is 0 Å². The molecule has 0 heterocycles. The molecular formula is C8H19NO2. The summed E-state index contributed by atoms with van der Waals surface area (Å²) >= 11 is 0. The van der Waals surface area contributed by atoms with Crippen molar-refractivity contribution in [2.45, 2.75) is 26.4 Å². The zero-order valence-electron chi connectivity index (χ0n) is 7.42. The first-order valence-corrected chi connectivity index (χ1v) is 4.12. The van der Waals surface area contributed by atoms with Crippen LogP contribution in [0.15, 0.2) is 0 Å². The van der Waals surface area contributed by atoms with E-state index in [9.17, 15) is 0 Å². The Hall–Kier alpha value is -0.120.